The summed E-state index contributed by atoms with van der Waals surface area (Å²) in [5, 5.41) is 7.83. The second-order valence-corrected chi connectivity index (χ2v) is 4.93. The molecule has 0 atom stereocenters. The van der Waals surface area contributed by atoms with E-state index in [4.69, 9.17) is 0 Å². The van der Waals surface area contributed by atoms with Gasteiger partial charge in [0.2, 0.25) is 0 Å². The Kier molecular flexibility index (Phi) is 5.30. The average Bonchev–Trinajstić information content (AvgIpc) is 2.83. The standard InChI is InChI=1S/C16H22FN3/c1-3-6-16-13(11-18-9-4-2)12-19-20(16)15-8-5-7-14(17)10-15/h5,7-8,10,12,18H,3-4,6,9,11H2,1-2H3. The van der Waals surface area contributed by atoms with Crippen LogP contribution in [0.1, 0.15) is 37.9 Å². The van der Waals surface area contributed by atoms with E-state index in [0.717, 1.165) is 38.0 Å². The van der Waals surface area contributed by atoms with Gasteiger partial charge < -0.3 is 5.32 Å². The zero-order valence-corrected chi connectivity index (χ0v) is 12.2. The molecule has 0 amide bonds. The van der Waals surface area contributed by atoms with Crippen LogP contribution >= 0.6 is 0 Å². The van der Waals surface area contributed by atoms with E-state index in [1.165, 1.54) is 23.4 Å². The molecule has 1 aromatic heterocycles. The number of nitrogens with one attached hydrogen (secondary N) is 1. The Bertz CT molecular complexity index is 548. The van der Waals surface area contributed by atoms with Crippen molar-refractivity contribution in [2.24, 2.45) is 0 Å². The molecule has 0 unspecified atom stereocenters. The zero-order chi connectivity index (χ0) is 14.4. The largest absolute Gasteiger partial charge is 0.313 e. The molecule has 0 fully saturated rings. The van der Waals surface area contributed by atoms with Gasteiger partial charge in [0, 0.05) is 17.8 Å². The first-order valence-electron chi connectivity index (χ1n) is 7.28. The van der Waals surface area contributed by atoms with Gasteiger partial charge in [0.25, 0.3) is 0 Å². The topological polar surface area (TPSA) is 29.9 Å². The molecule has 1 N–H and O–H groups in total. The van der Waals surface area contributed by atoms with E-state index in [9.17, 15) is 4.39 Å². The van der Waals surface area contributed by atoms with Crippen molar-refractivity contribution >= 4 is 0 Å². The molecular formula is C16H22FN3. The molecular weight excluding hydrogens is 253 g/mol. The maximum absolute atomic E-state index is 13.4. The highest BCUT2D eigenvalue weighted by Crippen LogP contribution is 2.17. The number of hydrogen-bond donors (Lipinski definition) is 1. The van der Waals surface area contributed by atoms with Crippen molar-refractivity contribution < 1.29 is 4.39 Å². The first kappa shape index (κ1) is 14.7. The summed E-state index contributed by atoms with van der Waals surface area (Å²) in [6, 6.07) is 6.58. The number of nitrogens with zero attached hydrogens (tertiary/aromatic N) is 2. The van der Waals surface area contributed by atoms with Crippen molar-refractivity contribution in [2.75, 3.05) is 6.54 Å². The molecule has 20 heavy (non-hydrogen) atoms. The van der Waals surface area contributed by atoms with Crippen LogP contribution in [0.25, 0.3) is 5.69 Å². The summed E-state index contributed by atoms with van der Waals surface area (Å²) >= 11 is 0. The van der Waals surface area contributed by atoms with Crippen LogP contribution in [0, 0.1) is 5.82 Å². The highest BCUT2D eigenvalue weighted by molar-refractivity contribution is 5.35. The third-order valence-electron chi connectivity index (χ3n) is 3.24. The molecule has 3 nitrogen and oxygen atoms in total. The molecule has 1 aromatic carbocycles. The molecule has 1 heterocycles. The van der Waals surface area contributed by atoms with Crippen LogP contribution in [-0.4, -0.2) is 16.3 Å². The van der Waals surface area contributed by atoms with Crippen molar-refractivity contribution in [3.63, 3.8) is 0 Å². The van der Waals surface area contributed by atoms with Gasteiger partial charge in [-0.2, -0.15) is 5.10 Å². The fourth-order valence-electron chi connectivity index (χ4n) is 2.29. The summed E-state index contributed by atoms with van der Waals surface area (Å²) in [6.07, 6.45) is 4.99. The van der Waals surface area contributed by atoms with Gasteiger partial charge in [-0.3, -0.25) is 0 Å². The Labute approximate surface area is 119 Å². The quantitative estimate of drug-likeness (QED) is 0.784. The van der Waals surface area contributed by atoms with E-state index in [1.807, 2.05) is 16.9 Å². The third-order valence-corrected chi connectivity index (χ3v) is 3.24. The molecule has 0 radical (unpaired) electrons. The molecule has 0 bridgehead atoms. The highest BCUT2D eigenvalue weighted by atomic mass is 19.1. The SMILES string of the molecule is CCCNCc1cnn(-c2cccc(F)c2)c1CCC. The highest BCUT2D eigenvalue weighted by Gasteiger charge is 2.11. The van der Waals surface area contributed by atoms with Crippen molar-refractivity contribution in [1.29, 1.82) is 0 Å². The molecule has 2 rings (SSSR count). The van der Waals surface area contributed by atoms with E-state index < -0.39 is 0 Å². The Morgan fingerprint density at radius 2 is 2.10 bits per heavy atom. The maximum Gasteiger partial charge on any atom is 0.125 e. The molecule has 4 heteroatoms. The first-order chi connectivity index (χ1) is 9.76. The van der Waals surface area contributed by atoms with E-state index >= 15 is 0 Å². The van der Waals surface area contributed by atoms with Gasteiger partial charge in [0.1, 0.15) is 5.82 Å². The van der Waals surface area contributed by atoms with E-state index in [1.54, 1.807) is 6.07 Å². The minimum absolute atomic E-state index is 0.230. The fourth-order valence-corrected chi connectivity index (χ4v) is 2.29. The summed E-state index contributed by atoms with van der Waals surface area (Å²) < 4.78 is 15.2. The fraction of sp³-hybridized carbons (Fsp3) is 0.438. The van der Waals surface area contributed by atoms with Crippen molar-refractivity contribution in [3.05, 3.63) is 47.5 Å². The second-order valence-electron chi connectivity index (χ2n) is 4.93. The molecule has 0 aliphatic heterocycles. The summed E-state index contributed by atoms with van der Waals surface area (Å²) in [7, 11) is 0. The molecule has 0 aliphatic rings. The first-order valence-corrected chi connectivity index (χ1v) is 7.28. The third kappa shape index (κ3) is 3.45. The van der Waals surface area contributed by atoms with Crippen LogP contribution in [0.3, 0.4) is 0 Å². The minimum atomic E-state index is -0.230. The smallest absolute Gasteiger partial charge is 0.125 e. The van der Waals surface area contributed by atoms with Crippen LogP contribution in [0.5, 0.6) is 0 Å². The second kappa shape index (κ2) is 7.20. The van der Waals surface area contributed by atoms with E-state index in [2.05, 4.69) is 24.3 Å². The van der Waals surface area contributed by atoms with Gasteiger partial charge in [-0.25, -0.2) is 9.07 Å². The molecule has 2 aromatic rings. The molecule has 0 spiro atoms. The van der Waals surface area contributed by atoms with Crippen LogP contribution in [-0.2, 0) is 13.0 Å². The number of hydrogen-bond acceptors (Lipinski definition) is 2. The van der Waals surface area contributed by atoms with Gasteiger partial charge in [-0.05, 0) is 37.6 Å². The average molecular weight is 275 g/mol. The number of aromatic nitrogens is 2. The van der Waals surface area contributed by atoms with Crippen molar-refractivity contribution in [1.82, 2.24) is 15.1 Å². The lowest BCUT2D eigenvalue weighted by Gasteiger charge is -2.09. The summed E-state index contributed by atoms with van der Waals surface area (Å²) in [6.45, 7) is 6.11. The Morgan fingerprint density at radius 3 is 2.80 bits per heavy atom. The lowest BCUT2D eigenvalue weighted by atomic mass is 10.1. The monoisotopic (exact) mass is 275 g/mol. The lowest BCUT2D eigenvalue weighted by molar-refractivity contribution is 0.624. The molecule has 0 saturated heterocycles. The summed E-state index contributed by atoms with van der Waals surface area (Å²) in [5.74, 6) is -0.230. The van der Waals surface area contributed by atoms with Gasteiger partial charge in [0.15, 0.2) is 0 Å². The van der Waals surface area contributed by atoms with E-state index in [0.29, 0.717) is 0 Å². The number of rotatable bonds is 7. The summed E-state index contributed by atoms with van der Waals surface area (Å²) in [4.78, 5) is 0. The Hall–Kier alpha value is -1.68. The van der Waals surface area contributed by atoms with Crippen molar-refractivity contribution in [2.45, 2.75) is 39.7 Å². The minimum Gasteiger partial charge on any atom is -0.313 e. The van der Waals surface area contributed by atoms with Gasteiger partial charge >= 0.3 is 0 Å². The van der Waals surface area contributed by atoms with Gasteiger partial charge in [0.05, 0.1) is 11.9 Å². The number of halogens is 1. The maximum atomic E-state index is 13.4. The molecule has 108 valence electrons. The normalized spacial score (nSPS) is 10.9. The Balaban J connectivity index is 2.28. The zero-order valence-electron chi connectivity index (χ0n) is 12.2. The predicted molar refractivity (Wildman–Crippen MR) is 79.5 cm³/mol. The van der Waals surface area contributed by atoms with Crippen LogP contribution in [0.4, 0.5) is 4.39 Å². The summed E-state index contributed by atoms with van der Waals surface area (Å²) in [5.41, 5.74) is 3.15. The predicted octanol–water partition coefficient (Wildman–Crippen LogP) is 3.46. The Morgan fingerprint density at radius 1 is 1.25 bits per heavy atom. The van der Waals surface area contributed by atoms with Crippen LogP contribution in [0.2, 0.25) is 0 Å². The molecule has 0 saturated carbocycles. The van der Waals surface area contributed by atoms with Gasteiger partial charge in [-0.1, -0.05) is 26.3 Å². The lowest BCUT2D eigenvalue weighted by Crippen LogP contribution is -2.15. The van der Waals surface area contributed by atoms with E-state index in [-0.39, 0.29) is 5.82 Å². The van der Waals surface area contributed by atoms with Crippen LogP contribution < -0.4 is 5.32 Å². The van der Waals surface area contributed by atoms with Gasteiger partial charge in [-0.15, -0.1) is 0 Å². The van der Waals surface area contributed by atoms with Crippen LogP contribution in [0.15, 0.2) is 30.5 Å². The molecule has 0 aliphatic carbocycles. The van der Waals surface area contributed by atoms with Crippen molar-refractivity contribution in [3.8, 4) is 5.69 Å². The number of benzene rings is 1.